The summed E-state index contributed by atoms with van der Waals surface area (Å²) >= 11 is 0. The van der Waals surface area contributed by atoms with Crippen LogP contribution in [0, 0.1) is 0 Å². The minimum absolute atomic E-state index is 0.126. The van der Waals surface area contributed by atoms with Gasteiger partial charge in [-0.05, 0) is 154 Å². The van der Waals surface area contributed by atoms with Gasteiger partial charge in [-0.2, -0.15) is 0 Å². The third kappa shape index (κ3) is 66.9. The Labute approximate surface area is 509 Å². The standard InChI is InChI=1S/C77H118O6/c1-4-7-10-13-16-19-22-25-28-30-32-34-36-37-38-39-41-42-44-46-49-52-55-58-61-64-67-70-76(79)82-73-74(72-81-75(78)69-66-63-60-57-54-51-48-27-24-21-18-15-12-9-6-3)83-77(80)71-68-65-62-59-56-53-50-47-45-43-40-35-33-31-29-26-23-20-17-14-11-8-5-2/h7-12,16-21,25-29,32-35,37-38,43,45,48,50,53-54,57,59,62,74H,4-6,13-15,22-24,30-31,36,39-42,44,46-47,49,51-52,55-56,58,60-61,63-73H2,1-3H3/b10-7-,11-8-,12-9-,19-16-,20-17-,21-18-,28-25-,29-26-,34-32-,35-33-,38-37-,45-43-,48-27-,53-50-,57-54-,62-59-. The van der Waals surface area contributed by atoms with Crippen LogP contribution in [0.3, 0.4) is 0 Å². The number of allylic oxidation sites excluding steroid dienone is 32. The first kappa shape index (κ1) is 77.2. The van der Waals surface area contributed by atoms with Gasteiger partial charge in [-0.25, -0.2) is 0 Å². The van der Waals surface area contributed by atoms with Crippen molar-refractivity contribution in [2.45, 2.75) is 258 Å². The fourth-order valence-corrected chi connectivity index (χ4v) is 8.27. The Balaban J connectivity index is 4.51. The minimum atomic E-state index is -0.840. The highest BCUT2D eigenvalue weighted by atomic mass is 16.6. The molecule has 0 aromatic heterocycles. The molecular formula is C77H118O6. The molecule has 0 amide bonds. The van der Waals surface area contributed by atoms with Gasteiger partial charge < -0.3 is 14.2 Å². The molecule has 462 valence electrons. The Morgan fingerprint density at radius 1 is 0.241 bits per heavy atom. The van der Waals surface area contributed by atoms with E-state index in [1.807, 2.05) is 0 Å². The number of esters is 3. The maximum atomic E-state index is 12.9. The molecule has 0 rings (SSSR count). The van der Waals surface area contributed by atoms with Crippen molar-refractivity contribution >= 4 is 17.9 Å². The second-order valence-corrected chi connectivity index (χ2v) is 20.9. The van der Waals surface area contributed by atoms with Gasteiger partial charge in [0.15, 0.2) is 6.10 Å². The number of ether oxygens (including phenoxy) is 3. The molecule has 0 N–H and O–H groups in total. The van der Waals surface area contributed by atoms with Crippen molar-refractivity contribution in [3.8, 4) is 0 Å². The first-order valence-electron chi connectivity index (χ1n) is 32.9. The molecule has 6 heteroatoms. The molecule has 0 aromatic rings. The summed E-state index contributed by atoms with van der Waals surface area (Å²) in [6.07, 6.45) is 104. The maximum Gasteiger partial charge on any atom is 0.306 e. The van der Waals surface area contributed by atoms with Crippen molar-refractivity contribution in [1.29, 1.82) is 0 Å². The van der Waals surface area contributed by atoms with Crippen LogP contribution >= 0.6 is 0 Å². The molecule has 0 aliphatic carbocycles. The number of rotatable bonds is 57. The van der Waals surface area contributed by atoms with E-state index < -0.39 is 6.10 Å². The monoisotopic (exact) mass is 1140 g/mol. The van der Waals surface area contributed by atoms with Gasteiger partial charge >= 0.3 is 17.9 Å². The van der Waals surface area contributed by atoms with Crippen LogP contribution in [-0.4, -0.2) is 37.2 Å². The first-order valence-corrected chi connectivity index (χ1v) is 32.9. The molecule has 0 spiro atoms. The molecule has 0 fully saturated rings. The van der Waals surface area contributed by atoms with Crippen LogP contribution in [-0.2, 0) is 28.6 Å². The van der Waals surface area contributed by atoms with Gasteiger partial charge in [0.1, 0.15) is 13.2 Å². The lowest BCUT2D eigenvalue weighted by Gasteiger charge is -2.18. The summed E-state index contributed by atoms with van der Waals surface area (Å²) in [5.74, 6) is -1.04. The molecule has 0 bridgehead atoms. The Bertz CT molecular complexity index is 1990. The van der Waals surface area contributed by atoms with Crippen LogP contribution < -0.4 is 0 Å². The zero-order chi connectivity index (χ0) is 59.9. The predicted octanol–water partition coefficient (Wildman–Crippen LogP) is 23.0. The van der Waals surface area contributed by atoms with E-state index in [0.717, 1.165) is 141 Å². The molecular weight excluding hydrogens is 1020 g/mol. The van der Waals surface area contributed by atoms with E-state index >= 15 is 0 Å². The summed E-state index contributed by atoms with van der Waals surface area (Å²) in [6.45, 7) is 6.20. The zero-order valence-electron chi connectivity index (χ0n) is 52.9. The summed E-state index contributed by atoms with van der Waals surface area (Å²) in [7, 11) is 0. The average molecular weight is 1140 g/mol. The number of hydrogen-bond donors (Lipinski definition) is 0. The Kier molecular flexibility index (Phi) is 64.0. The summed E-state index contributed by atoms with van der Waals surface area (Å²) in [5.41, 5.74) is 0. The number of hydrogen-bond acceptors (Lipinski definition) is 6. The molecule has 0 saturated carbocycles. The summed E-state index contributed by atoms with van der Waals surface area (Å²) in [4.78, 5) is 38.4. The molecule has 0 saturated heterocycles. The van der Waals surface area contributed by atoms with Crippen molar-refractivity contribution < 1.29 is 28.6 Å². The molecule has 0 radical (unpaired) electrons. The Hall–Kier alpha value is -5.75. The van der Waals surface area contributed by atoms with Gasteiger partial charge in [-0.15, -0.1) is 0 Å². The fraction of sp³-hybridized carbons (Fsp3) is 0.545. The minimum Gasteiger partial charge on any atom is -0.462 e. The van der Waals surface area contributed by atoms with Gasteiger partial charge in [0.05, 0.1) is 0 Å². The van der Waals surface area contributed by atoms with Gasteiger partial charge in [0.2, 0.25) is 0 Å². The quantitative estimate of drug-likeness (QED) is 0.0261. The highest BCUT2D eigenvalue weighted by Gasteiger charge is 2.19. The van der Waals surface area contributed by atoms with Gasteiger partial charge in [0.25, 0.3) is 0 Å². The lowest BCUT2D eigenvalue weighted by Crippen LogP contribution is -2.30. The molecule has 0 heterocycles. The van der Waals surface area contributed by atoms with Crippen molar-refractivity contribution in [1.82, 2.24) is 0 Å². The van der Waals surface area contributed by atoms with Crippen molar-refractivity contribution in [2.24, 2.45) is 0 Å². The highest BCUT2D eigenvalue weighted by molar-refractivity contribution is 5.71. The van der Waals surface area contributed by atoms with Crippen LogP contribution in [0.1, 0.15) is 252 Å². The van der Waals surface area contributed by atoms with Crippen molar-refractivity contribution in [3.63, 3.8) is 0 Å². The second-order valence-electron chi connectivity index (χ2n) is 20.9. The largest absolute Gasteiger partial charge is 0.462 e. The summed E-state index contributed by atoms with van der Waals surface area (Å²) in [6, 6.07) is 0. The lowest BCUT2D eigenvalue weighted by atomic mass is 10.0. The Morgan fingerprint density at radius 2 is 0.446 bits per heavy atom. The van der Waals surface area contributed by atoms with Crippen LogP contribution in [0.15, 0.2) is 194 Å². The fourth-order valence-electron chi connectivity index (χ4n) is 8.27. The number of carbonyl (C=O) groups excluding carboxylic acids is 3. The third-order valence-corrected chi connectivity index (χ3v) is 13.1. The number of carbonyl (C=O) groups is 3. The SMILES string of the molecule is CC/C=C\C/C=C\C/C=C\C/C=C\C/C=C\C/C=C\C/C=C\CCCC(=O)OC(COC(=O)CCCC/C=C\C/C=C\C/C=C\C/C=C\CC)COC(=O)CCCCCCCCCCCCC/C=C\C/C=C\C/C=C\C/C=C\C/C=C\CC. The van der Waals surface area contributed by atoms with Crippen LogP contribution in [0.25, 0.3) is 0 Å². The molecule has 1 unspecified atom stereocenters. The van der Waals surface area contributed by atoms with Crippen LogP contribution in [0.4, 0.5) is 0 Å². The third-order valence-electron chi connectivity index (χ3n) is 13.1. The maximum absolute atomic E-state index is 12.9. The Morgan fingerprint density at radius 3 is 0.735 bits per heavy atom. The average Bonchev–Trinajstić information content (AvgIpc) is 3.49. The molecule has 83 heavy (non-hydrogen) atoms. The van der Waals surface area contributed by atoms with E-state index in [1.165, 1.54) is 57.8 Å². The van der Waals surface area contributed by atoms with Crippen LogP contribution in [0.5, 0.6) is 0 Å². The van der Waals surface area contributed by atoms with E-state index in [9.17, 15) is 14.4 Å². The van der Waals surface area contributed by atoms with Crippen molar-refractivity contribution in [3.05, 3.63) is 194 Å². The highest BCUT2D eigenvalue weighted by Crippen LogP contribution is 2.14. The van der Waals surface area contributed by atoms with E-state index in [1.54, 1.807) is 0 Å². The van der Waals surface area contributed by atoms with E-state index in [4.69, 9.17) is 14.2 Å². The van der Waals surface area contributed by atoms with Gasteiger partial charge in [0, 0.05) is 19.3 Å². The smallest absolute Gasteiger partial charge is 0.306 e. The second kappa shape index (κ2) is 68.7. The molecule has 1 atom stereocenters. The lowest BCUT2D eigenvalue weighted by molar-refractivity contribution is -0.167. The van der Waals surface area contributed by atoms with E-state index in [0.29, 0.717) is 19.3 Å². The summed E-state index contributed by atoms with van der Waals surface area (Å²) < 4.78 is 16.8. The molecule has 0 aliphatic heterocycles. The van der Waals surface area contributed by atoms with Gasteiger partial charge in [-0.3, -0.25) is 14.4 Å². The van der Waals surface area contributed by atoms with E-state index in [-0.39, 0.29) is 44.0 Å². The molecule has 0 aliphatic rings. The normalized spacial score (nSPS) is 13.4. The van der Waals surface area contributed by atoms with Gasteiger partial charge in [-0.1, -0.05) is 273 Å². The predicted molar refractivity (Wildman–Crippen MR) is 361 cm³/mol. The van der Waals surface area contributed by atoms with Crippen molar-refractivity contribution in [2.75, 3.05) is 13.2 Å². The van der Waals surface area contributed by atoms with E-state index in [2.05, 4.69) is 215 Å². The van der Waals surface area contributed by atoms with Crippen LogP contribution in [0.2, 0.25) is 0 Å². The molecule has 0 aromatic carbocycles. The zero-order valence-corrected chi connectivity index (χ0v) is 52.9. The first-order chi connectivity index (χ1) is 41.0. The summed E-state index contributed by atoms with van der Waals surface area (Å²) in [5, 5.41) is 0. The molecule has 6 nitrogen and oxygen atoms in total. The topological polar surface area (TPSA) is 78.9 Å². The number of unbranched alkanes of at least 4 members (excludes halogenated alkanes) is 14.